The quantitative estimate of drug-likeness (QED) is 0.395. The zero-order valence-corrected chi connectivity index (χ0v) is 14.5. The Bertz CT molecular complexity index is 1040. The number of aromatic nitrogens is 2. The van der Waals surface area contributed by atoms with Crippen LogP contribution in [-0.2, 0) is 0 Å². The molecule has 7 heteroatoms. The third kappa shape index (κ3) is 2.62. The van der Waals surface area contributed by atoms with Crippen LogP contribution in [0, 0.1) is 0 Å². The van der Waals surface area contributed by atoms with Crippen LogP contribution in [0.5, 0.6) is 0 Å². The van der Waals surface area contributed by atoms with Crippen molar-refractivity contribution in [2.24, 2.45) is 5.10 Å². The molecule has 1 N–H and O–H groups in total. The molecule has 114 valence electrons. The summed E-state index contributed by atoms with van der Waals surface area (Å²) in [5, 5.41) is 5.37. The Balaban J connectivity index is 1.74. The van der Waals surface area contributed by atoms with Crippen molar-refractivity contribution in [1.29, 1.82) is 0 Å². The van der Waals surface area contributed by atoms with E-state index in [9.17, 15) is 0 Å². The Morgan fingerprint density at radius 3 is 2.91 bits per heavy atom. The van der Waals surface area contributed by atoms with Crippen LogP contribution in [0.2, 0.25) is 0 Å². The van der Waals surface area contributed by atoms with Crippen LogP contribution in [0.3, 0.4) is 0 Å². The minimum absolute atomic E-state index is 0.557. The van der Waals surface area contributed by atoms with Crippen LogP contribution in [0.25, 0.3) is 22.1 Å². The van der Waals surface area contributed by atoms with Gasteiger partial charge in [-0.2, -0.15) is 5.10 Å². The van der Waals surface area contributed by atoms with Crippen molar-refractivity contribution in [3.63, 3.8) is 0 Å². The lowest BCUT2D eigenvalue weighted by molar-refractivity contribution is 0.667. The molecule has 4 aromatic rings. The van der Waals surface area contributed by atoms with Gasteiger partial charge in [0.05, 0.1) is 14.4 Å². The highest BCUT2D eigenvalue weighted by Gasteiger charge is 2.12. The number of furan rings is 1. The maximum Gasteiger partial charge on any atom is 0.197 e. The van der Waals surface area contributed by atoms with Gasteiger partial charge in [-0.25, -0.2) is 9.97 Å². The molecule has 3 heterocycles. The van der Waals surface area contributed by atoms with Crippen LogP contribution in [0.4, 0.5) is 5.82 Å². The van der Waals surface area contributed by atoms with E-state index < -0.39 is 0 Å². The van der Waals surface area contributed by atoms with Gasteiger partial charge in [0.2, 0.25) is 0 Å². The van der Waals surface area contributed by atoms with Crippen LogP contribution >= 0.6 is 27.3 Å². The van der Waals surface area contributed by atoms with Crippen molar-refractivity contribution in [2.45, 2.75) is 6.92 Å². The first-order valence-corrected chi connectivity index (χ1v) is 8.51. The second-order valence-electron chi connectivity index (χ2n) is 4.91. The third-order valence-electron chi connectivity index (χ3n) is 3.42. The van der Waals surface area contributed by atoms with Crippen molar-refractivity contribution < 1.29 is 4.42 Å². The van der Waals surface area contributed by atoms with Crippen molar-refractivity contribution in [1.82, 2.24) is 9.97 Å². The highest BCUT2D eigenvalue weighted by molar-refractivity contribution is 9.11. The highest BCUT2D eigenvalue weighted by atomic mass is 79.9. The fourth-order valence-corrected chi connectivity index (χ4v) is 3.63. The Hall–Kier alpha value is -2.25. The summed E-state index contributed by atoms with van der Waals surface area (Å²) in [7, 11) is 0. The number of anilines is 1. The second kappa shape index (κ2) is 5.75. The first-order valence-electron chi connectivity index (χ1n) is 6.90. The predicted octanol–water partition coefficient (Wildman–Crippen LogP) is 5.04. The van der Waals surface area contributed by atoms with Crippen LogP contribution in [0.1, 0.15) is 11.8 Å². The lowest BCUT2D eigenvalue weighted by atomic mass is 10.2. The summed E-state index contributed by atoms with van der Waals surface area (Å²) in [6.07, 6.45) is 1.51. The fourth-order valence-electron chi connectivity index (χ4n) is 2.30. The Morgan fingerprint density at radius 1 is 1.22 bits per heavy atom. The molecule has 0 unspecified atom stereocenters. The molecule has 0 radical (unpaired) electrons. The van der Waals surface area contributed by atoms with E-state index in [0.717, 1.165) is 30.9 Å². The van der Waals surface area contributed by atoms with Crippen LogP contribution in [0.15, 0.2) is 56.0 Å². The Morgan fingerprint density at radius 2 is 2.09 bits per heavy atom. The molecule has 0 aliphatic rings. The zero-order chi connectivity index (χ0) is 15.8. The molecule has 0 amide bonds. The van der Waals surface area contributed by atoms with Crippen molar-refractivity contribution >= 4 is 60.9 Å². The molecule has 0 bridgehead atoms. The summed E-state index contributed by atoms with van der Waals surface area (Å²) in [6.45, 7) is 1.95. The lowest BCUT2D eigenvalue weighted by Crippen LogP contribution is -1.99. The average Bonchev–Trinajstić information content (AvgIpc) is 3.16. The number of hydrogen-bond acceptors (Lipinski definition) is 6. The summed E-state index contributed by atoms with van der Waals surface area (Å²) in [6, 6.07) is 11.8. The number of hydrazone groups is 1. The monoisotopic (exact) mass is 386 g/mol. The van der Waals surface area contributed by atoms with Crippen molar-refractivity contribution in [2.75, 3.05) is 5.43 Å². The van der Waals surface area contributed by atoms with E-state index >= 15 is 0 Å². The van der Waals surface area contributed by atoms with Gasteiger partial charge in [0.25, 0.3) is 0 Å². The zero-order valence-electron chi connectivity index (χ0n) is 12.1. The van der Waals surface area contributed by atoms with E-state index in [0.29, 0.717) is 11.4 Å². The van der Waals surface area contributed by atoms with Gasteiger partial charge >= 0.3 is 0 Å². The molecular formula is C16H11BrN4OS. The molecule has 0 saturated heterocycles. The van der Waals surface area contributed by atoms with Gasteiger partial charge in [0.15, 0.2) is 11.4 Å². The van der Waals surface area contributed by atoms with Crippen molar-refractivity contribution in [3.8, 4) is 0 Å². The number of nitrogens with zero attached hydrogens (tertiary/aromatic N) is 3. The summed E-state index contributed by atoms with van der Waals surface area (Å²) in [5.41, 5.74) is 6.05. The number of fused-ring (bicyclic) bond motifs is 3. The van der Waals surface area contributed by atoms with Gasteiger partial charge in [0.1, 0.15) is 17.4 Å². The molecule has 1 aromatic carbocycles. The van der Waals surface area contributed by atoms with Gasteiger partial charge in [-0.05, 0) is 47.1 Å². The Labute approximate surface area is 144 Å². The summed E-state index contributed by atoms with van der Waals surface area (Å²) >= 11 is 5.08. The molecule has 23 heavy (non-hydrogen) atoms. The van der Waals surface area contributed by atoms with E-state index in [-0.39, 0.29) is 0 Å². The number of halogens is 1. The van der Waals surface area contributed by atoms with Crippen LogP contribution in [-0.4, -0.2) is 15.7 Å². The molecule has 0 atom stereocenters. The number of hydrogen-bond donors (Lipinski definition) is 1. The smallest absolute Gasteiger partial charge is 0.197 e. The molecule has 0 aliphatic heterocycles. The summed E-state index contributed by atoms with van der Waals surface area (Å²) in [5.74, 6) is 0.557. The number of para-hydroxylation sites is 1. The second-order valence-corrected chi connectivity index (χ2v) is 7.37. The lowest BCUT2D eigenvalue weighted by Gasteiger charge is -2.01. The van der Waals surface area contributed by atoms with Gasteiger partial charge in [-0.15, -0.1) is 11.3 Å². The maximum atomic E-state index is 5.86. The normalized spacial score (nSPS) is 12.2. The summed E-state index contributed by atoms with van der Waals surface area (Å²) < 4.78 is 6.94. The van der Waals surface area contributed by atoms with E-state index in [4.69, 9.17) is 4.42 Å². The van der Waals surface area contributed by atoms with Gasteiger partial charge in [-0.3, -0.25) is 5.43 Å². The number of thiophene rings is 1. The number of nitrogens with one attached hydrogen (secondary N) is 1. The topological polar surface area (TPSA) is 63.3 Å². The van der Waals surface area contributed by atoms with E-state index in [1.54, 1.807) is 11.3 Å². The number of benzene rings is 1. The average molecular weight is 387 g/mol. The minimum atomic E-state index is 0.557. The van der Waals surface area contributed by atoms with Gasteiger partial charge in [0, 0.05) is 5.39 Å². The molecular weight excluding hydrogens is 376 g/mol. The van der Waals surface area contributed by atoms with Gasteiger partial charge < -0.3 is 4.42 Å². The largest absolute Gasteiger partial charge is 0.450 e. The maximum absolute atomic E-state index is 5.86. The predicted molar refractivity (Wildman–Crippen MR) is 97.2 cm³/mol. The first kappa shape index (κ1) is 14.3. The van der Waals surface area contributed by atoms with E-state index in [2.05, 4.69) is 36.4 Å². The molecule has 0 fully saturated rings. The molecule has 0 aliphatic carbocycles. The molecule has 3 aromatic heterocycles. The van der Waals surface area contributed by atoms with E-state index in [1.165, 1.54) is 6.33 Å². The minimum Gasteiger partial charge on any atom is -0.450 e. The third-order valence-corrected chi connectivity index (χ3v) is 5.15. The van der Waals surface area contributed by atoms with Gasteiger partial charge in [-0.1, -0.05) is 12.1 Å². The molecule has 4 rings (SSSR count). The Kier molecular flexibility index (Phi) is 3.59. The molecule has 0 spiro atoms. The van der Waals surface area contributed by atoms with E-state index in [1.807, 2.05) is 43.3 Å². The molecule has 0 saturated carbocycles. The highest BCUT2D eigenvalue weighted by Crippen LogP contribution is 2.30. The van der Waals surface area contributed by atoms with Crippen molar-refractivity contribution in [3.05, 3.63) is 51.4 Å². The standard InChI is InChI=1S/C16H11BrN4OS/c1-9(12-6-7-13(17)23-12)20-21-16-15-14(18-8-19-16)10-4-2-3-5-11(10)22-15/h2-8H,1H3,(H,18,19,21)/b20-9-. The first-order chi connectivity index (χ1) is 11.2. The SMILES string of the molecule is C/C(=N/Nc1ncnc2c1oc1ccccc12)c1ccc(Br)s1. The molecule has 5 nitrogen and oxygen atoms in total. The number of rotatable bonds is 3. The fraction of sp³-hybridized carbons (Fsp3) is 0.0625. The van der Waals surface area contributed by atoms with Crippen LogP contribution < -0.4 is 5.43 Å². The summed E-state index contributed by atoms with van der Waals surface area (Å²) in [4.78, 5) is 9.65.